The third-order valence-electron chi connectivity index (χ3n) is 1.55. The topological polar surface area (TPSA) is 12.4 Å². The zero-order chi connectivity index (χ0) is 11.7. The molecule has 0 saturated heterocycles. The minimum atomic E-state index is 0.982. The van der Waals surface area contributed by atoms with Gasteiger partial charge in [0.25, 0.3) is 0 Å². The molecule has 0 atom stereocenters. The van der Waals surface area contributed by atoms with Gasteiger partial charge in [0.2, 0.25) is 0 Å². The molecule has 1 aromatic rings. The predicted molar refractivity (Wildman–Crippen MR) is 72.0 cm³/mol. The van der Waals surface area contributed by atoms with Crippen LogP contribution in [-0.4, -0.2) is 5.71 Å². The molecule has 0 bridgehead atoms. The maximum Gasteiger partial charge on any atom is 0.0798 e. The van der Waals surface area contributed by atoms with E-state index in [-0.39, 0.29) is 0 Å². The van der Waals surface area contributed by atoms with Crippen LogP contribution in [0.25, 0.3) is 0 Å². The normalized spacial score (nSPS) is 11.1. The standard InChI is InChI=1S/C11H13NS.C2H6/c1-4-6-10(12-5-2)11-8-7-9(3)13-11;1-2/h4-8H,2H2,1,3H3;1-2H3/b6-4-,12-10?;. The van der Waals surface area contributed by atoms with E-state index in [0.717, 1.165) is 5.71 Å². The van der Waals surface area contributed by atoms with E-state index in [1.165, 1.54) is 9.75 Å². The Balaban J connectivity index is 0.000000921. The third-order valence-corrected chi connectivity index (χ3v) is 2.57. The molecule has 0 radical (unpaired) electrons. The van der Waals surface area contributed by atoms with Crippen LogP contribution in [-0.2, 0) is 0 Å². The first-order valence-corrected chi connectivity index (χ1v) is 5.97. The minimum absolute atomic E-state index is 0.982. The van der Waals surface area contributed by atoms with Crippen molar-refractivity contribution in [3.63, 3.8) is 0 Å². The summed E-state index contributed by atoms with van der Waals surface area (Å²) < 4.78 is 0. The van der Waals surface area contributed by atoms with E-state index in [9.17, 15) is 0 Å². The molecular formula is C13H19NS. The molecule has 0 saturated carbocycles. The SMILES string of the molecule is C=CN=C(/C=C\C)c1ccc(C)s1.CC. The predicted octanol–water partition coefficient (Wildman–Crippen LogP) is 4.59. The molecule has 0 fully saturated rings. The fourth-order valence-corrected chi connectivity index (χ4v) is 1.86. The van der Waals surface area contributed by atoms with Crippen molar-refractivity contribution in [2.75, 3.05) is 0 Å². The minimum Gasteiger partial charge on any atom is -0.256 e. The zero-order valence-electron chi connectivity index (χ0n) is 9.95. The number of nitrogens with zero attached hydrogens (tertiary/aromatic N) is 1. The summed E-state index contributed by atoms with van der Waals surface area (Å²) in [5, 5.41) is 0. The lowest BCUT2D eigenvalue weighted by Gasteiger charge is -1.93. The molecule has 0 unspecified atom stereocenters. The van der Waals surface area contributed by atoms with Gasteiger partial charge in [-0.25, -0.2) is 0 Å². The smallest absolute Gasteiger partial charge is 0.0798 e. The quantitative estimate of drug-likeness (QED) is 0.662. The molecule has 2 heteroatoms. The van der Waals surface area contributed by atoms with E-state index < -0.39 is 0 Å². The molecule has 15 heavy (non-hydrogen) atoms. The Labute approximate surface area is 96.9 Å². The highest BCUT2D eigenvalue weighted by molar-refractivity contribution is 7.14. The van der Waals surface area contributed by atoms with Crippen molar-refractivity contribution in [2.45, 2.75) is 27.7 Å². The Morgan fingerprint density at radius 1 is 1.40 bits per heavy atom. The number of thiophene rings is 1. The van der Waals surface area contributed by atoms with Gasteiger partial charge >= 0.3 is 0 Å². The Kier molecular flexibility index (Phi) is 7.56. The van der Waals surface area contributed by atoms with Gasteiger partial charge in [0, 0.05) is 11.1 Å². The van der Waals surface area contributed by atoms with Gasteiger partial charge in [-0.1, -0.05) is 26.5 Å². The molecule has 0 aromatic carbocycles. The number of rotatable bonds is 3. The van der Waals surface area contributed by atoms with Crippen LogP contribution in [0, 0.1) is 6.92 Å². The third kappa shape index (κ3) is 4.75. The largest absolute Gasteiger partial charge is 0.256 e. The van der Waals surface area contributed by atoms with Crippen molar-refractivity contribution in [1.29, 1.82) is 0 Å². The average Bonchev–Trinajstić information content (AvgIpc) is 2.68. The first kappa shape index (κ1) is 13.8. The zero-order valence-corrected chi connectivity index (χ0v) is 10.8. The summed E-state index contributed by atoms with van der Waals surface area (Å²) in [5.74, 6) is 0. The van der Waals surface area contributed by atoms with E-state index in [0.29, 0.717) is 0 Å². The van der Waals surface area contributed by atoms with E-state index in [1.54, 1.807) is 17.5 Å². The van der Waals surface area contributed by atoms with Gasteiger partial charge in [0.15, 0.2) is 0 Å². The highest BCUT2D eigenvalue weighted by Crippen LogP contribution is 2.16. The van der Waals surface area contributed by atoms with Crippen molar-refractivity contribution in [1.82, 2.24) is 0 Å². The molecule has 1 aromatic heterocycles. The molecule has 1 rings (SSSR count). The molecule has 0 N–H and O–H groups in total. The van der Waals surface area contributed by atoms with Crippen molar-refractivity contribution >= 4 is 17.0 Å². The average molecular weight is 221 g/mol. The number of allylic oxidation sites excluding steroid dienone is 2. The summed E-state index contributed by atoms with van der Waals surface area (Å²) in [5.41, 5.74) is 0.982. The van der Waals surface area contributed by atoms with Crippen LogP contribution < -0.4 is 0 Å². The van der Waals surface area contributed by atoms with Gasteiger partial charge in [-0.2, -0.15) is 0 Å². The summed E-state index contributed by atoms with van der Waals surface area (Å²) in [4.78, 5) is 6.69. The molecule has 0 spiro atoms. The fraction of sp³-hybridized carbons (Fsp3) is 0.308. The molecular weight excluding hydrogens is 202 g/mol. The molecule has 82 valence electrons. The molecule has 0 aliphatic heterocycles. The molecule has 1 nitrogen and oxygen atoms in total. The monoisotopic (exact) mass is 221 g/mol. The van der Waals surface area contributed by atoms with Crippen molar-refractivity contribution in [2.24, 2.45) is 4.99 Å². The van der Waals surface area contributed by atoms with Gasteiger partial charge in [-0.05, 0) is 32.1 Å². The highest BCUT2D eigenvalue weighted by atomic mass is 32.1. The molecule has 0 aliphatic carbocycles. The van der Waals surface area contributed by atoms with Crippen LogP contribution in [0.15, 0.2) is 42.1 Å². The number of aliphatic imine (C=N–C) groups is 1. The van der Waals surface area contributed by atoms with Crippen LogP contribution in [0.5, 0.6) is 0 Å². The Morgan fingerprint density at radius 2 is 2.07 bits per heavy atom. The van der Waals surface area contributed by atoms with Gasteiger partial charge < -0.3 is 0 Å². The summed E-state index contributed by atoms with van der Waals surface area (Å²) in [7, 11) is 0. The Morgan fingerprint density at radius 3 is 2.47 bits per heavy atom. The summed E-state index contributed by atoms with van der Waals surface area (Å²) >= 11 is 1.75. The molecule has 0 amide bonds. The second-order valence-corrected chi connectivity index (χ2v) is 3.90. The van der Waals surface area contributed by atoms with E-state index in [4.69, 9.17) is 0 Å². The second kappa shape index (κ2) is 8.18. The lowest BCUT2D eigenvalue weighted by molar-refractivity contribution is 1.50. The summed E-state index contributed by atoms with van der Waals surface area (Å²) in [6.07, 6.45) is 5.55. The van der Waals surface area contributed by atoms with Crippen molar-refractivity contribution in [3.05, 3.63) is 46.8 Å². The maximum atomic E-state index is 4.20. The van der Waals surface area contributed by atoms with Gasteiger partial charge in [0.1, 0.15) is 0 Å². The van der Waals surface area contributed by atoms with Gasteiger partial charge in [-0.15, -0.1) is 11.3 Å². The lowest BCUT2D eigenvalue weighted by Crippen LogP contribution is -1.90. The fourth-order valence-electron chi connectivity index (χ4n) is 1.02. The second-order valence-electron chi connectivity index (χ2n) is 2.61. The van der Waals surface area contributed by atoms with Gasteiger partial charge in [0.05, 0.1) is 10.6 Å². The van der Waals surface area contributed by atoms with Crippen LogP contribution in [0.3, 0.4) is 0 Å². The van der Waals surface area contributed by atoms with Crippen LogP contribution in [0.1, 0.15) is 30.5 Å². The maximum absolute atomic E-state index is 4.20. The first-order valence-electron chi connectivity index (χ1n) is 5.16. The summed E-state index contributed by atoms with van der Waals surface area (Å²) in [6.45, 7) is 11.7. The lowest BCUT2D eigenvalue weighted by atomic mass is 10.3. The number of hydrogen-bond donors (Lipinski definition) is 0. The van der Waals surface area contributed by atoms with Crippen LogP contribution >= 0.6 is 11.3 Å². The van der Waals surface area contributed by atoms with Gasteiger partial charge in [-0.3, -0.25) is 4.99 Å². The van der Waals surface area contributed by atoms with Crippen molar-refractivity contribution in [3.8, 4) is 0 Å². The summed E-state index contributed by atoms with van der Waals surface area (Å²) in [6, 6.07) is 4.18. The Hall–Kier alpha value is -1.15. The highest BCUT2D eigenvalue weighted by Gasteiger charge is 2.00. The van der Waals surface area contributed by atoms with Crippen molar-refractivity contribution < 1.29 is 0 Å². The van der Waals surface area contributed by atoms with E-state index >= 15 is 0 Å². The van der Waals surface area contributed by atoms with Crippen LogP contribution in [0.4, 0.5) is 0 Å². The first-order chi connectivity index (χ1) is 7.27. The molecule has 0 aliphatic rings. The molecule has 1 heterocycles. The van der Waals surface area contributed by atoms with E-state index in [1.807, 2.05) is 32.9 Å². The number of aryl methyl sites for hydroxylation is 1. The number of hydrogen-bond acceptors (Lipinski definition) is 2. The Bertz CT molecular complexity index is 345. The van der Waals surface area contributed by atoms with E-state index in [2.05, 4.69) is 30.6 Å². The van der Waals surface area contributed by atoms with Crippen LogP contribution in [0.2, 0.25) is 0 Å².